The molecule has 0 spiro atoms. The minimum atomic E-state index is -4.74. The van der Waals surface area contributed by atoms with E-state index >= 15 is 0 Å². The van der Waals surface area contributed by atoms with Crippen molar-refractivity contribution < 1.29 is 26.1 Å². The van der Waals surface area contributed by atoms with E-state index in [1.165, 1.54) is 30.5 Å². The van der Waals surface area contributed by atoms with Gasteiger partial charge in [0.1, 0.15) is 4.90 Å². The molecule has 28 heavy (non-hydrogen) atoms. The molecular weight excluding hydrogens is 399 g/mol. The van der Waals surface area contributed by atoms with Gasteiger partial charge in [0, 0.05) is 16.7 Å². The van der Waals surface area contributed by atoms with Gasteiger partial charge in [0.2, 0.25) is 5.82 Å². The summed E-state index contributed by atoms with van der Waals surface area (Å²) >= 11 is 0. The number of benzene rings is 1. The van der Waals surface area contributed by atoms with Gasteiger partial charge in [0.25, 0.3) is 10.0 Å². The molecule has 12 heteroatoms. The van der Waals surface area contributed by atoms with Gasteiger partial charge in [0.05, 0.1) is 11.9 Å². The normalized spacial score (nSPS) is 12.9. The number of aromatic amines is 1. The first-order chi connectivity index (χ1) is 12.9. The summed E-state index contributed by atoms with van der Waals surface area (Å²) in [4.78, 5) is 3.29. The fourth-order valence-corrected chi connectivity index (χ4v) is 3.74. The van der Waals surface area contributed by atoms with Crippen LogP contribution in [0.2, 0.25) is 0 Å². The molecule has 0 aliphatic carbocycles. The van der Waals surface area contributed by atoms with Crippen LogP contribution in [-0.4, -0.2) is 28.8 Å². The van der Waals surface area contributed by atoms with E-state index in [2.05, 4.69) is 29.6 Å². The van der Waals surface area contributed by atoms with E-state index in [-0.39, 0.29) is 22.0 Å². The van der Waals surface area contributed by atoms with Crippen LogP contribution in [0.4, 0.5) is 18.9 Å². The van der Waals surface area contributed by atoms with Crippen molar-refractivity contribution in [2.24, 2.45) is 0 Å². The van der Waals surface area contributed by atoms with Crippen LogP contribution in [0.1, 0.15) is 32.4 Å². The summed E-state index contributed by atoms with van der Waals surface area (Å²) in [6.07, 6.45) is -3.52. The summed E-state index contributed by atoms with van der Waals surface area (Å²) in [5.74, 6) is -1.71. The van der Waals surface area contributed by atoms with Gasteiger partial charge in [0.15, 0.2) is 0 Å². The number of H-pyrrole nitrogens is 1. The van der Waals surface area contributed by atoms with Crippen molar-refractivity contribution in [2.75, 3.05) is 4.72 Å². The molecule has 2 heterocycles. The predicted octanol–water partition coefficient (Wildman–Crippen LogP) is 3.58. The number of aromatic nitrogens is 4. The molecule has 3 rings (SSSR count). The van der Waals surface area contributed by atoms with Gasteiger partial charge in [-0.3, -0.25) is 9.82 Å². The first-order valence-corrected chi connectivity index (χ1v) is 9.44. The highest BCUT2D eigenvalue weighted by Crippen LogP contribution is 2.30. The zero-order valence-corrected chi connectivity index (χ0v) is 15.8. The second-order valence-corrected chi connectivity index (χ2v) is 8.61. The Morgan fingerprint density at radius 2 is 1.75 bits per heavy atom. The van der Waals surface area contributed by atoms with E-state index in [1.54, 1.807) is 0 Å². The molecule has 0 saturated heterocycles. The molecular formula is C16H16F3N5O3S. The quantitative estimate of drug-likeness (QED) is 0.673. The Morgan fingerprint density at radius 1 is 1.11 bits per heavy atom. The van der Waals surface area contributed by atoms with E-state index in [1.807, 2.05) is 20.8 Å². The lowest BCUT2D eigenvalue weighted by atomic mass is 9.92. The summed E-state index contributed by atoms with van der Waals surface area (Å²) in [7, 11) is -3.92. The molecule has 8 nitrogen and oxygen atoms in total. The maximum atomic E-state index is 12.7. The monoisotopic (exact) mass is 415 g/mol. The number of nitrogens with zero attached hydrogens (tertiary/aromatic N) is 3. The maximum Gasteiger partial charge on any atom is 0.471 e. The van der Waals surface area contributed by atoms with Crippen LogP contribution in [0, 0.1) is 0 Å². The fourth-order valence-electron chi connectivity index (χ4n) is 2.37. The average Bonchev–Trinajstić information content (AvgIpc) is 3.24. The molecule has 0 aliphatic rings. The van der Waals surface area contributed by atoms with Gasteiger partial charge in [-0.25, -0.2) is 8.42 Å². The van der Waals surface area contributed by atoms with Crippen molar-refractivity contribution in [3.8, 4) is 11.4 Å². The zero-order chi connectivity index (χ0) is 20.7. The van der Waals surface area contributed by atoms with E-state index in [0.29, 0.717) is 5.69 Å². The molecule has 1 aromatic carbocycles. The number of anilines is 1. The summed E-state index contributed by atoms with van der Waals surface area (Å²) in [6, 6.07) is 5.52. The number of hydrogen-bond donors (Lipinski definition) is 2. The van der Waals surface area contributed by atoms with Gasteiger partial charge >= 0.3 is 12.1 Å². The summed E-state index contributed by atoms with van der Waals surface area (Å²) in [5, 5.41) is 9.78. The maximum absolute atomic E-state index is 12.7. The third-order valence-electron chi connectivity index (χ3n) is 3.71. The molecule has 0 radical (unpaired) electrons. The van der Waals surface area contributed by atoms with Gasteiger partial charge in [-0.2, -0.15) is 23.3 Å². The summed E-state index contributed by atoms with van der Waals surface area (Å²) < 4.78 is 69.5. The van der Waals surface area contributed by atoms with Crippen molar-refractivity contribution in [2.45, 2.75) is 37.3 Å². The Morgan fingerprint density at radius 3 is 2.29 bits per heavy atom. The van der Waals surface area contributed by atoms with Crippen molar-refractivity contribution in [3.63, 3.8) is 0 Å². The van der Waals surface area contributed by atoms with Gasteiger partial charge in [-0.1, -0.05) is 25.9 Å². The summed E-state index contributed by atoms with van der Waals surface area (Å²) in [6.45, 7) is 5.53. The van der Waals surface area contributed by atoms with Gasteiger partial charge in [-0.05, 0) is 24.3 Å². The van der Waals surface area contributed by atoms with Crippen LogP contribution in [0.15, 0.2) is 39.9 Å². The molecule has 2 aromatic heterocycles. The standard InChI is InChI=1S/C16H16F3N5O3S/c1-15(2,3)12-11(8-20-22-12)28(25,26)24-10-6-4-9(5-7-10)13-21-14(27-23-13)16(17,18)19/h4-8,24H,1-3H3,(H,20,22). The van der Waals surface area contributed by atoms with Crippen molar-refractivity contribution in [1.82, 2.24) is 20.3 Å². The molecule has 150 valence electrons. The molecule has 0 bridgehead atoms. The molecule has 3 aromatic rings. The number of rotatable bonds is 4. The van der Waals surface area contributed by atoms with E-state index in [0.717, 1.165) is 0 Å². The van der Waals surface area contributed by atoms with Gasteiger partial charge in [-0.15, -0.1) is 0 Å². The number of alkyl halides is 3. The van der Waals surface area contributed by atoms with E-state index in [9.17, 15) is 21.6 Å². The highest BCUT2D eigenvalue weighted by molar-refractivity contribution is 7.92. The largest absolute Gasteiger partial charge is 0.471 e. The van der Waals surface area contributed by atoms with Crippen molar-refractivity contribution in [3.05, 3.63) is 42.0 Å². The Hall–Kier alpha value is -2.89. The van der Waals surface area contributed by atoms with Crippen LogP contribution in [0.25, 0.3) is 11.4 Å². The number of sulfonamides is 1. The van der Waals surface area contributed by atoms with Crippen LogP contribution >= 0.6 is 0 Å². The van der Waals surface area contributed by atoms with Gasteiger partial charge < -0.3 is 4.52 Å². The predicted molar refractivity (Wildman–Crippen MR) is 92.8 cm³/mol. The van der Waals surface area contributed by atoms with Crippen LogP contribution in [-0.2, 0) is 21.6 Å². The third kappa shape index (κ3) is 4.01. The minimum absolute atomic E-state index is 0.0112. The lowest BCUT2D eigenvalue weighted by Crippen LogP contribution is -2.20. The topological polar surface area (TPSA) is 114 Å². The van der Waals surface area contributed by atoms with Crippen molar-refractivity contribution >= 4 is 15.7 Å². The lowest BCUT2D eigenvalue weighted by molar-refractivity contribution is -0.159. The first-order valence-electron chi connectivity index (χ1n) is 7.96. The Bertz CT molecular complexity index is 1080. The molecule has 0 unspecified atom stereocenters. The van der Waals surface area contributed by atoms with Crippen LogP contribution in [0.5, 0.6) is 0 Å². The summed E-state index contributed by atoms with van der Waals surface area (Å²) in [5.41, 5.74) is 0.424. The zero-order valence-electron chi connectivity index (χ0n) is 15.0. The molecule has 0 fully saturated rings. The fraction of sp³-hybridized carbons (Fsp3) is 0.312. The Labute approximate surface area is 158 Å². The van der Waals surface area contributed by atoms with Crippen LogP contribution in [0.3, 0.4) is 0 Å². The van der Waals surface area contributed by atoms with Crippen molar-refractivity contribution in [1.29, 1.82) is 0 Å². The number of halogens is 3. The highest BCUT2D eigenvalue weighted by atomic mass is 32.2. The average molecular weight is 415 g/mol. The molecule has 0 aliphatic heterocycles. The molecule has 0 saturated carbocycles. The minimum Gasteiger partial charge on any atom is -0.329 e. The molecule has 0 amide bonds. The molecule has 2 N–H and O–H groups in total. The van der Waals surface area contributed by atoms with E-state index in [4.69, 9.17) is 0 Å². The SMILES string of the molecule is CC(C)(C)c1[nH]ncc1S(=O)(=O)Nc1ccc(-c2noc(C(F)(F)F)n2)cc1. The number of nitrogens with one attached hydrogen (secondary N) is 2. The highest BCUT2D eigenvalue weighted by Gasteiger charge is 2.38. The third-order valence-corrected chi connectivity index (χ3v) is 5.10. The molecule has 0 atom stereocenters. The smallest absolute Gasteiger partial charge is 0.329 e. The second-order valence-electron chi connectivity index (χ2n) is 6.96. The van der Waals surface area contributed by atoms with E-state index < -0.39 is 27.5 Å². The lowest BCUT2D eigenvalue weighted by Gasteiger charge is -2.18. The number of hydrogen-bond acceptors (Lipinski definition) is 6. The second kappa shape index (κ2) is 6.62. The first kappa shape index (κ1) is 19.9. The van der Waals surface area contributed by atoms with Crippen LogP contribution < -0.4 is 4.72 Å². The Balaban J connectivity index is 1.83. The Kier molecular flexibility index (Phi) is 4.69.